The second-order valence-corrected chi connectivity index (χ2v) is 7.46. The quantitative estimate of drug-likeness (QED) is 0.586. The Morgan fingerprint density at radius 1 is 1.16 bits per heavy atom. The summed E-state index contributed by atoms with van der Waals surface area (Å²) in [6, 6.07) is 7.45. The van der Waals surface area contributed by atoms with Gasteiger partial charge in [0.25, 0.3) is 0 Å². The van der Waals surface area contributed by atoms with Gasteiger partial charge < -0.3 is 25.2 Å². The van der Waals surface area contributed by atoms with Crippen LogP contribution in [-0.2, 0) is 13.5 Å². The molecule has 2 aromatic rings. The van der Waals surface area contributed by atoms with Gasteiger partial charge in [-0.1, -0.05) is 18.2 Å². The molecule has 0 saturated carbocycles. The molecule has 25 heavy (non-hydrogen) atoms. The predicted octanol–water partition coefficient (Wildman–Crippen LogP) is -0.0938. The van der Waals surface area contributed by atoms with Gasteiger partial charge in [0.1, 0.15) is 18.0 Å². The van der Waals surface area contributed by atoms with Crippen LogP contribution in [0.2, 0.25) is 0 Å². The van der Waals surface area contributed by atoms with Crippen molar-refractivity contribution in [3.8, 4) is 5.75 Å². The van der Waals surface area contributed by atoms with Crippen LogP contribution in [-0.4, -0.2) is 65.8 Å². The lowest BCUT2D eigenvalue weighted by atomic mass is 10.0. The Bertz CT molecular complexity index is 708. The molecular formula is C17H22N2O5S. The first-order valence-corrected chi connectivity index (χ1v) is 8.96. The lowest BCUT2D eigenvalue weighted by Crippen LogP contribution is -2.55. The SMILES string of the molecule is Cn1cc(Cc2ccccc2O[C@@H]2S[C@H](CO)[C@@H](O)[C@H](O)[C@H]2O)cn1. The van der Waals surface area contributed by atoms with Crippen LogP contribution in [0.5, 0.6) is 5.75 Å². The van der Waals surface area contributed by atoms with Crippen molar-refractivity contribution in [2.75, 3.05) is 6.61 Å². The summed E-state index contributed by atoms with van der Waals surface area (Å²) in [6.07, 6.45) is 0.497. The first-order valence-electron chi connectivity index (χ1n) is 8.02. The second-order valence-electron chi connectivity index (χ2n) is 6.12. The molecule has 0 radical (unpaired) electrons. The molecule has 2 heterocycles. The number of aryl methyl sites for hydroxylation is 1. The monoisotopic (exact) mass is 366 g/mol. The van der Waals surface area contributed by atoms with Crippen molar-refractivity contribution < 1.29 is 25.2 Å². The van der Waals surface area contributed by atoms with Gasteiger partial charge in [-0.2, -0.15) is 5.10 Å². The molecule has 1 aromatic carbocycles. The highest BCUT2D eigenvalue weighted by atomic mass is 32.2. The number of benzene rings is 1. The van der Waals surface area contributed by atoms with Crippen LogP contribution in [0.4, 0.5) is 0 Å². The molecule has 0 amide bonds. The molecule has 0 spiro atoms. The zero-order valence-corrected chi connectivity index (χ0v) is 14.6. The molecule has 1 saturated heterocycles. The summed E-state index contributed by atoms with van der Waals surface area (Å²) in [7, 11) is 1.85. The van der Waals surface area contributed by atoms with Gasteiger partial charge in [0, 0.05) is 19.7 Å². The van der Waals surface area contributed by atoms with Crippen LogP contribution in [0.15, 0.2) is 36.7 Å². The topological polar surface area (TPSA) is 108 Å². The lowest BCUT2D eigenvalue weighted by Gasteiger charge is -2.39. The minimum atomic E-state index is -1.37. The van der Waals surface area contributed by atoms with Crippen molar-refractivity contribution in [3.05, 3.63) is 47.8 Å². The number of para-hydroxylation sites is 1. The van der Waals surface area contributed by atoms with Crippen LogP contribution in [0.1, 0.15) is 11.1 Å². The van der Waals surface area contributed by atoms with Gasteiger partial charge in [-0.3, -0.25) is 4.68 Å². The van der Waals surface area contributed by atoms with E-state index in [1.54, 1.807) is 16.9 Å². The van der Waals surface area contributed by atoms with Gasteiger partial charge in [0.05, 0.1) is 24.2 Å². The summed E-state index contributed by atoms with van der Waals surface area (Å²) in [5.41, 5.74) is 1.16. The first kappa shape index (κ1) is 18.2. The van der Waals surface area contributed by atoms with E-state index in [1.807, 2.05) is 31.4 Å². The summed E-state index contributed by atoms with van der Waals surface area (Å²) in [6.45, 7) is -0.313. The Balaban J connectivity index is 1.78. The Kier molecular flexibility index (Phi) is 5.65. The third-order valence-electron chi connectivity index (χ3n) is 4.22. The Morgan fingerprint density at radius 3 is 2.60 bits per heavy atom. The number of hydrogen-bond donors (Lipinski definition) is 4. The first-order chi connectivity index (χ1) is 12.0. The maximum absolute atomic E-state index is 10.2. The fraction of sp³-hybridized carbons (Fsp3) is 0.471. The average Bonchev–Trinajstić information content (AvgIpc) is 3.02. The zero-order chi connectivity index (χ0) is 18.0. The van der Waals surface area contributed by atoms with Crippen molar-refractivity contribution in [2.45, 2.75) is 35.4 Å². The molecule has 5 atom stereocenters. The predicted molar refractivity (Wildman–Crippen MR) is 93.4 cm³/mol. The highest BCUT2D eigenvalue weighted by Crippen LogP contribution is 2.35. The molecule has 4 N–H and O–H groups in total. The van der Waals surface area contributed by atoms with Gasteiger partial charge >= 0.3 is 0 Å². The van der Waals surface area contributed by atoms with Gasteiger partial charge in [0.15, 0.2) is 5.44 Å². The molecule has 136 valence electrons. The standard InChI is InChI=1S/C17H22N2O5S/c1-19-8-10(7-18-19)6-11-4-2-3-5-12(11)24-17-16(23)15(22)14(21)13(9-20)25-17/h2-5,7-8,13-17,20-23H,6,9H2,1H3/t13-,14-,15+,16-,17-/m1/s1. The third kappa shape index (κ3) is 3.99. The average molecular weight is 366 g/mol. The van der Waals surface area contributed by atoms with Crippen molar-refractivity contribution in [1.29, 1.82) is 0 Å². The summed E-state index contributed by atoms with van der Waals surface area (Å²) >= 11 is 1.12. The number of hydrogen-bond acceptors (Lipinski definition) is 7. The van der Waals surface area contributed by atoms with Gasteiger partial charge in [-0.05, 0) is 17.2 Å². The highest BCUT2D eigenvalue weighted by Gasteiger charge is 2.44. The van der Waals surface area contributed by atoms with Crippen molar-refractivity contribution in [3.63, 3.8) is 0 Å². The third-order valence-corrected chi connectivity index (χ3v) is 5.64. The molecule has 0 bridgehead atoms. The summed E-state index contributed by atoms with van der Waals surface area (Å²) in [5.74, 6) is 0.586. The van der Waals surface area contributed by atoms with Crippen molar-refractivity contribution in [2.24, 2.45) is 7.05 Å². The molecule has 8 heteroatoms. The number of rotatable bonds is 5. The zero-order valence-electron chi connectivity index (χ0n) is 13.8. The molecule has 1 aliphatic rings. The van der Waals surface area contributed by atoms with E-state index in [0.29, 0.717) is 12.2 Å². The number of nitrogens with zero attached hydrogens (tertiary/aromatic N) is 2. The normalized spacial score (nSPS) is 29.6. The summed E-state index contributed by atoms with van der Waals surface area (Å²) in [4.78, 5) is 0. The van der Waals surface area contributed by atoms with Gasteiger partial charge in [-0.25, -0.2) is 0 Å². The van der Waals surface area contributed by atoms with E-state index in [1.165, 1.54) is 0 Å². The number of ether oxygens (including phenoxy) is 1. The molecule has 1 fully saturated rings. The van der Waals surface area contributed by atoms with E-state index in [-0.39, 0.29) is 6.61 Å². The van der Waals surface area contributed by atoms with E-state index in [9.17, 15) is 20.4 Å². The van der Waals surface area contributed by atoms with Crippen LogP contribution >= 0.6 is 11.8 Å². The molecule has 3 rings (SSSR count). The molecule has 1 aliphatic heterocycles. The minimum Gasteiger partial charge on any atom is -0.477 e. The second kappa shape index (κ2) is 7.76. The van der Waals surface area contributed by atoms with Crippen molar-refractivity contribution in [1.82, 2.24) is 9.78 Å². The van der Waals surface area contributed by atoms with Gasteiger partial charge in [-0.15, -0.1) is 11.8 Å². The molecule has 0 aliphatic carbocycles. The number of aliphatic hydroxyl groups excluding tert-OH is 4. The molecule has 7 nitrogen and oxygen atoms in total. The highest BCUT2D eigenvalue weighted by molar-refractivity contribution is 8.00. The number of thioether (sulfide) groups is 1. The maximum atomic E-state index is 10.2. The molecule has 0 unspecified atom stereocenters. The largest absolute Gasteiger partial charge is 0.477 e. The Morgan fingerprint density at radius 2 is 1.92 bits per heavy atom. The fourth-order valence-electron chi connectivity index (χ4n) is 2.84. The van der Waals surface area contributed by atoms with E-state index in [2.05, 4.69) is 5.10 Å². The number of aliphatic hydroxyl groups is 4. The lowest BCUT2D eigenvalue weighted by molar-refractivity contribution is -0.0910. The van der Waals surface area contributed by atoms with Crippen molar-refractivity contribution >= 4 is 11.8 Å². The maximum Gasteiger partial charge on any atom is 0.173 e. The van der Waals surface area contributed by atoms with Crippen LogP contribution in [0, 0.1) is 0 Å². The van der Waals surface area contributed by atoms with Gasteiger partial charge in [0.2, 0.25) is 0 Å². The van der Waals surface area contributed by atoms with E-state index < -0.39 is 29.0 Å². The van der Waals surface area contributed by atoms with Crippen LogP contribution < -0.4 is 4.74 Å². The van der Waals surface area contributed by atoms with E-state index in [4.69, 9.17) is 4.74 Å². The fourth-order valence-corrected chi connectivity index (χ4v) is 4.07. The molecule has 1 aromatic heterocycles. The van der Waals surface area contributed by atoms with Crippen LogP contribution in [0.25, 0.3) is 0 Å². The van der Waals surface area contributed by atoms with E-state index in [0.717, 1.165) is 22.9 Å². The van der Waals surface area contributed by atoms with E-state index >= 15 is 0 Å². The Hall–Kier alpha value is -1.58. The smallest absolute Gasteiger partial charge is 0.173 e. The minimum absolute atomic E-state index is 0.313. The summed E-state index contributed by atoms with van der Waals surface area (Å²) in [5, 5.41) is 43.0. The number of aromatic nitrogens is 2. The Labute approximate surface area is 149 Å². The molecular weight excluding hydrogens is 344 g/mol. The summed E-state index contributed by atoms with van der Waals surface area (Å²) < 4.78 is 7.66. The van der Waals surface area contributed by atoms with Crippen LogP contribution in [0.3, 0.4) is 0 Å².